The molecular weight excluding hydrogens is 310 g/mol. The SMILES string of the molecule is COC(=O)OCCNC(=O)C(F)(F)Cc1c[nH]c([N+](=O)[O-])n1. The highest BCUT2D eigenvalue weighted by Gasteiger charge is 2.40. The van der Waals surface area contributed by atoms with E-state index in [9.17, 15) is 28.5 Å². The molecule has 122 valence electrons. The first kappa shape index (κ1) is 17.3. The van der Waals surface area contributed by atoms with Gasteiger partial charge in [0.05, 0.1) is 20.1 Å². The third-order valence-corrected chi connectivity index (χ3v) is 2.30. The van der Waals surface area contributed by atoms with Gasteiger partial charge in [-0.25, -0.2) is 9.78 Å². The van der Waals surface area contributed by atoms with Gasteiger partial charge in [-0.2, -0.15) is 8.78 Å². The molecule has 0 saturated carbocycles. The number of carbonyl (C=O) groups is 2. The number of alkyl halides is 2. The molecule has 2 N–H and O–H groups in total. The molecule has 0 aliphatic carbocycles. The Kier molecular flexibility index (Phi) is 5.72. The average molecular weight is 322 g/mol. The fourth-order valence-electron chi connectivity index (χ4n) is 1.33. The fourth-order valence-corrected chi connectivity index (χ4v) is 1.33. The van der Waals surface area contributed by atoms with E-state index in [0.29, 0.717) is 0 Å². The van der Waals surface area contributed by atoms with E-state index >= 15 is 0 Å². The van der Waals surface area contributed by atoms with Crippen molar-refractivity contribution in [2.45, 2.75) is 12.3 Å². The van der Waals surface area contributed by atoms with Crippen LogP contribution >= 0.6 is 0 Å². The summed E-state index contributed by atoms with van der Waals surface area (Å²) in [4.78, 5) is 36.8. The number of aromatic amines is 1. The van der Waals surface area contributed by atoms with Gasteiger partial charge in [0, 0.05) is 0 Å². The molecule has 0 aromatic carbocycles. The van der Waals surface area contributed by atoms with Gasteiger partial charge < -0.3 is 24.9 Å². The predicted octanol–water partition coefficient (Wildman–Crippen LogP) is 0.395. The topological polar surface area (TPSA) is 136 Å². The maximum atomic E-state index is 13.6. The third-order valence-electron chi connectivity index (χ3n) is 2.30. The summed E-state index contributed by atoms with van der Waals surface area (Å²) >= 11 is 0. The lowest BCUT2D eigenvalue weighted by Gasteiger charge is -2.13. The van der Waals surface area contributed by atoms with Gasteiger partial charge in [-0.3, -0.25) is 4.79 Å². The van der Waals surface area contributed by atoms with E-state index in [4.69, 9.17) is 0 Å². The highest BCUT2D eigenvalue weighted by atomic mass is 19.3. The van der Waals surface area contributed by atoms with Crippen molar-refractivity contribution in [2.24, 2.45) is 0 Å². The first-order chi connectivity index (χ1) is 10.3. The van der Waals surface area contributed by atoms with E-state index in [1.165, 1.54) is 0 Å². The van der Waals surface area contributed by atoms with Crippen LogP contribution in [0.25, 0.3) is 0 Å². The molecule has 1 rings (SSSR count). The minimum Gasteiger partial charge on any atom is -0.438 e. The number of nitrogens with zero attached hydrogens (tertiary/aromatic N) is 2. The number of aromatic nitrogens is 2. The van der Waals surface area contributed by atoms with Crippen molar-refractivity contribution in [1.29, 1.82) is 0 Å². The van der Waals surface area contributed by atoms with E-state index in [1.54, 1.807) is 0 Å². The number of rotatable bonds is 7. The molecular formula is C10H12F2N4O6. The van der Waals surface area contributed by atoms with E-state index in [-0.39, 0.29) is 18.8 Å². The molecule has 0 aliphatic heterocycles. The highest BCUT2D eigenvalue weighted by Crippen LogP contribution is 2.20. The Hall–Kier alpha value is -2.79. The lowest BCUT2D eigenvalue weighted by molar-refractivity contribution is -0.393. The summed E-state index contributed by atoms with van der Waals surface area (Å²) in [7, 11) is 1.07. The minimum absolute atomic E-state index is 0.335. The summed E-state index contributed by atoms with van der Waals surface area (Å²) in [6.07, 6.45) is -1.20. The lowest BCUT2D eigenvalue weighted by Crippen LogP contribution is -2.43. The monoisotopic (exact) mass is 322 g/mol. The number of carbonyl (C=O) groups excluding carboxylic acids is 2. The zero-order chi connectivity index (χ0) is 16.8. The van der Waals surface area contributed by atoms with Gasteiger partial charge in [0.1, 0.15) is 12.8 Å². The van der Waals surface area contributed by atoms with Gasteiger partial charge in [-0.05, 0) is 4.92 Å². The van der Waals surface area contributed by atoms with Crippen LogP contribution in [-0.2, 0) is 20.7 Å². The van der Waals surface area contributed by atoms with Crippen LogP contribution in [0.15, 0.2) is 6.20 Å². The number of halogens is 2. The Labute approximate surface area is 121 Å². The van der Waals surface area contributed by atoms with Crippen molar-refractivity contribution in [1.82, 2.24) is 15.3 Å². The Morgan fingerprint density at radius 2 is 2.23 bits per heavy atom. The van der Waals surface area contributed by atoms with Crippen molar-refractivity contribution in [2.75, 3.05) is 20.3 Å². The molecule has 0 radical (unpaired) electrons. The van der Waals surface area contributed by atoms with E-state index in [0.717, 1.165) is 13.3 Å². The smallest absolute Gasteiger partial charge is 0.438 e. The van der Waals surface area contributed by atoms with E-state index in [1.807, 2.05) is 5.32 Å². The molecule has 0 aliphatic rings. The average Bonchev–Trinajstić information content (AvgIpc) is 2.90. The van der Waals surface area contributed by atoms with Crippen LogP contribution in [0.5, 0.6) is 0 Å². The zero-order valence-electron chi connectivity index (χ0n) is 11.3. The Bertz CT molecular complexity index is 561. The molecule has 0 unspecified atom stereocenters. The van der Waals surface area contributed by atoms with Crippen LogP contribution in [0.1, 0.15) is 5.69 Å². The molecule has 1 amide bonds. The van der Waals surface area contributed by atoms with Crippen LogP contribution in [0, 0.1) is 10.1 Å². The zero-order valence-corrected chi connectivity index (χ0v) is 11.3. The van der Waals surface area contributed by atoms with Gasteiger partial charge in [-0.1, -0.05) is 4.98 Å². The van der Waals surface area contributed by atoms with Crippen molar-refractivity contribution < 1.29 is 32.8 Å². The van der Waals surface area contributed by atoms with Crippen molar-refractivity contribution >= 4 is 18.0 Å². The molecule has 0 atom stereocenters. The number of nitrogens with one attached hydrogen (secondary N) is 2. The van der Waals surface area contributed by atoms with Crippen LogP contribution in [-0.4, -0.2) is 53.1 Å². The Morgan fingerprint density at radius 3 is 2.77 bits per heavy atom. The quantitative estimate of drug-likeness (QED) is 0.321. The molecule has 1 heterocycles. The maximum absolute atomic E-state index is 13.6. The fraction of sp³-hybridized carbons (Fsp3) is 0.500. The maximum Gasteiger partial charge on any atom is 0.508 e. The summed E-state index contributed by atoms with van der Waals surface area (Å²) < 4.78 is 35.7. The molecule has 10 nitrogen and oxygen atoms in total. The number of ether oxygens (including phenoxy) is 2. The van der Waals surface area contributed by atoms with Gasteiger partial charge in [0.2, 0.25) is 0 Å². The van der Waals surface area contributed by atoms with Crippen molar-refractivity contribution in [3.63, 3.8) is 0 Å². The molecule has 0 fully saturated rings. The van der Waals surface area contributed by atoms with Gasteiger partial charge in [0.15, 0.2) is 5.69 Å². The summed E-state index contributed by atoms with van der Waals surface area (Å²) in [5.74, 6) is -6.14. The number of hydrogen-bond acceptors (Lipinski definition) is 7. The summed E-state index contributed by atoms with van der Waals surface area (Å²) in [6, 6.07) is 0. The number of H-pyrrole nitrogens is 1. The number of amides is 1. The highest BCUT2D eigenvalue weighted by molar-refractivity contribution is 5.83. The van der Waals surface area contributed by atoms with Gasteiger partial charge >= 0.3 is 18.0 Å². The second-order valence-corrected chi connectivity index (χ2v) is 3.91. The van der Waals surface area contributed by atoms with Gasteiger partial charge in [-0.15, -0.1) is 0 Å². The molecule has 1 aromatic heterocycles. The second-order valence-electron chi connectivity index (χ2n) is 3.91. The van der Waals surface area contributed by atoms with Crippen LogP contribution in [0.3, 0.4) is 0 Å². The first-order valence-electron chi connectivity index (χ1n) is 5.82. The normalized spacial score (nSPS) is 10.9. The van der Waals surface area contributed by atoms with E-state index in [2.05, 4.69) is 19.4 Å². The number of hydrogen-bond donors (Lipinski definition) is 2. The predicted molar refractivity (Wildman–Crippen MR) is 65.3 cm³/mol. The summed E-state index contributed by atoms with van der Waals surface area (Å²) in [5, 5.41) is 12.2. The number of nitro groups is 1. The third kappa shape index (κ3) is 4.96. The van der Waals surface area contributed by atoms with Gasteiger partial charge in [0.25, 0.3) is 5.91 Å². The molecule has 0 spiro atoms. The van der Waals surface area contributed by atoms with Crippen molar-refractivity contribution in [3.05, 3.63) is 22.0 Å². The van der Waals surface area contributed by atoms with Crippen LogP contribution < -0.4 is 5.32 Å². The van der Waals surface area contributed by atoms with Crippen LogP contribution in [0.2, 0.25) is 0 Å². The lowest BCUT2D eigenvalue weighted by atomic mass is 10.2. The second kappa shape index (κ2) is 7.28. The summed E-state index contributed by atoms with van der Waals surface area (Å²) in [6.45, 7) is -0.688. The molecule has 1 aromatic rings. The summed E-state index contributed by atoms with van der Waals surface area (Å²) in [5.41, 5.74) is -0.335. The Morgan fingerprint density at radius 1 is 1.55 bits per heavy atom. The molecule has 0 bridgehead atoms. The molecule has 22 heavy (non-hydrogen) atoms. The molecule has 12 heteroatoms. The standard InChI is InChI=1S/C10H12F2N4O6/c1-21-9(18)22-3-2-13-7(17)10(11,12)4-6-5-14-8(15-6)16(19)20/h5H,2-4H2,1H3,(H,13,17)(H,14,15). The largest absolute Gasteiger partial charge is 0.508 e. The minimum atomic E-state index is -3.83. The van der Waals surface area contributed by atoms with Crippen molar-refractivity contribution in [3.8, 4) is 0 Å². The first-order valence-corrected chi connectivity index (χ1v) is 5.82. The number of imidazole rings is 1. The Balaban J connectivity index is 2.48. The molecule has 0 saturated heterocycles. The number of methoxy groups -OCH3 is 1. The van der Waals surface area contributed by atoms with Crippen LogP contribution in [0.4, 0.5) is 19.5 Å². The van der Waals surface area contributed by atoms with E-state index < -0.39 is 35.3 Å².